The molecule has 18 heavy (non-hydrogen) atoms. The molecule has 3 nitrogen and oxygen atoms in total. The lowest BCUT2D eigenvalue weighted by molar-refractivity contribution is 0.228. The van der Waals surface area contributed by atoms with E-state index in [-0.39, 0.29) is 0 Å². The summed E-state index contributed by atoms with van der Waals surface area (Å²) < 4.78 is 5.63. The van der Waals surface area contributed by atoms with Crippen molar-refractivity contribution in [2.45, 2.75) is 47.2 Å². The SMILES string of the molecule is CCCNCc1ccoc1CN(CC)CC(C)C. The molecule has 1 aromatic heterocycles. The summed E-state index contributed by atoms with van der Waals surface area (Å²) in [5.74, 6) is 1.81. The van der Waals surface area contributed by atoms with Gasteiger partial charge in [0, 0.05) is 18.7 Å². The highest BCUT2D eigenvalue weighted by Gasteiger charge is 2.11. The highest BCUT2D eigenvalue weighted by Crippen LogP contribution is 2.14. The van der Waals surface area contributed by atoms with Crippen LogP contribution in [0.3, 0.4) is 0 Å². The van der Waals surface area contributed by atoms with Gasteiger partial charge in [0.15, 0.2) is 0 Å². The second-order valence-corrected chi connectivity index (χ2v) is 5.27. The van der Waals surface area contributed by atoms with Crippen molar-refractivity contribution in [3.63, 3.8) is 0 Å². The van der Waals surface area contributed by atoms with Crippen LogP contribution in [0.15, 0.2) is 16.7 Å². The lowest BCUT2D eigenvalue weighted by atomic mass is 10.2. The fourth-order valence-electron chi connectivity index (χ4n) is 2.09. The molecule has 0 aromatic carbocycles. The summed E-state index contributed by atoms with van der Waals surface area (Å²) in [6, 6.07) is 2.08. The largest absolute Gasteiger partial charge is 0.468 e. The average molecular weight is 252 g/mol. The van der Waals surface area contributed by atoms with Crippen molar-refractivity contribution >= 4 is 0 Å². The van der Waals surface area contributed by atoms with Gasteiger partial charge >= 0.3 is 0 Å². The Morgan fingerprint density at radius 3 is 2.72 bits per heavy atom. The molecule has 0 radical (unpaired) electrons. The summed E-state index contributed by atoms with van der Waals surface area (Å²) in [6.07, 6.45) is 2.98. The van der Waals surface area contributed by atoms with Crippen molar-refractivity contribution in [1.29, 1.82) is 0 Å². The van der Waals surface area contributed by atoms with E-state index in [9.17, 15) is 0 Å². The minimum atomic E-state index is 0.696. The quantitative estimate of drug-likeness (QED) is 0.684. The summed E-state index contributed by atoms with van der Waals surface area (Å²) >= 11 is 0. The molecule has 3 heteroatoms. The van der Waals surface area contributed by atoms with Gasteiger partial charge in [-0.3, -0.25) is 4.90 Å². The number of furan rings is 1. The van der Waals surface area contributed by atoms with E-state index in [2.05, 4.69) is 44.0 Å². The molecule has 0 atom stereocenters. The standard InChI is InChI=1S/C15H28N2O/c1-5-8-16-10-14-7-9-18-15(14)12-17(6-2)11-13(3)4/h7,9,13,16H,5-6,8,10-12H2,1-4H3. The zero-order valence-electron chi connectivity index (χ0n) is 12.3. The Balaban J connectivity index is 2.51. The second kappa shape index (κ2) is 8.33. The lowest BCUT2D eigenvalue weighted by Gasteiger charge is -2.21. The Labute approximate surface area is 112 Å². The van der Waals surface area contributed by atoms with Crippen LogP contribution in [0.5, 0.6) is 0 Å². The van der Waals surface area contributed by atoms with Crippen molar-refractivity contribution in [3.05, 3.63) is 23.7 Å². The van der Waals surface area contributed by atoms with Crippen molar-refractivity contribution in [2.75, 3.05) is 19.6 Å². The highest BCUT2D eigenvalue weighted by molar-refractivity contribution is 5.16. The van der Waals surface area contributed by atoms with Crippen LogP contribution < -0.4 is 5.32 Å². The number of nitrogens with zero attached hydrogens (tertiary/aromatic N) is 1. The molecular formula is C15H28N2O. The minimum absolute atomic E-state index is 0.696. The van der Waals surface area contributed by atoms with E-state index in [4.69, 9.17) is 4.42 Å². The van der Waals surface area contributed by atoms with Crippen molar-refractivity contribution in [2.24, 2.45) is 5.92 Å². The predicted octanol–water partition coefficient (Wildman–Crippen LogP) is 3.26. The smallest absolute Gasteiger partial charge is 0.122 e. The monoisotopic (exact) mass is 252 g/mol. The van der Waals surface area contributed by atoms with Crippen LogP contribution in [-0.4, -0.2) is 24.5 Å². The molecule has 1 heterocycles. The molecule has 0 aliphatic heterocycles. The van der Waals surface area contributed by atoms with Gasteiger partial charge in [0.1, 0.15) is 5.76 Å². The third-order valence-electron chi connectivity index (χ3n) is 3.02. The van der Waals surface area contributed by atoms with Crippen LogP contribution >= 0.6 is 0 Å². The van der Waals surface area contributed by atoms with E-state index in [0.29, 0.717) is 5.92 Å². The van der Waals surface area contributed by atoms with Crippen LogP contribution in [0.2, 0.25) is 0 Å². The first-order chi connectivity index (χ1) is 8.67. The molecule has 0 unspecified atom stereocenters. The van der Waals surface area contributed by atoms with Gasteiger partial charge in [-0.25, -0.2) is 0 Å². The van der Waals surface area contributed by atoms with Crippen LogP contribution in [0.4, 0.5) is 0 Å². The summed E-state index contributed by atoms with van der Waals surface area (Å²) in [4.78, 5) is 2.44. The molecule has 1 aromatic rings. The molecule has 1 N–H and O–H groups in total. The molecule has 104 valence electrons. The topological polar surface area (TPSA) is 28.4 Å². The summed E-state index contributed by atoms with van der Waals surface area (Å²) in [6.45, 7) is 14.0. The van der Waals surface area contributed by atoms with Gasteiger partial charge in [0.05, 0.1) is 12.8 Å². The molecule has 0 aliphatic carbocycles. The van der Waals surface area contributed by atoms with Gasteiger partial charge in [-0.15, -0.1) is 0 Å². The second-order valence-electron chi connectivity index (χ2n) is 5.27. The molecule has 0 bridgehead atoms. The summed E-state index contributed by atoms with van der Waals surface area (Å²) in [5, 5.41) is 3.43. The molecule has 0 amide bonds. The van der Waals surface area contributed by atoms with Gasteiger partial charge < -0.3 is 9.73 Å². The fraction of sp³-hybridized carbons (Fsp3) is 0.733. The number of hydrogen-bond acceptors (Lipinski definition) is 3. The molecule has 0 fully saturated rings. The van der Waals surface area contributed by atoms with Gasteiger partial charge in [-0.05, 0) is 31.5 Å². The highest BCUT2D eigenvalue weighted by atomic mass is 16.3. The molecule has 0 saturated heterocycles. The molecule has 0 saturated carbocycles. The molecule has 1 rings (SSSR count). The summed E-state index contributed by atoms with van der Waals surface area (Å²) in [5.41, 5.74) is 1.30. The first-order valence-electron chi connectivity index (χ1n) is 7.15. The van der Waals surface area contributed by atoms with Gasteiger partial charge in [0.2, 0.25) is 0 Å². The van der Waals surface area contributed by atoms with E-state index in [1.807, 2.05) is 6.26 Å². The Hall–Kier alpha value is -0.800. The number of nitrogens with one attached hydrogen (secondary N) is 1. The van der Waals surface area contributed by atoms with Crippen molar-refractivity contribution in [1.82, 2.24) is 10.2 Å². The third kappa shape index (κ3) is 5.23. The third-order valence-corrected chi connectivity index (χ3v) is 3.02. The minimum Gasteiger partial charge on any atom is -0.468 e. The van der Waals surface area contributed by atoms with E-state index in [1.54, 1.807) is 0 Å². The number of hydrogen-bond donors (Lipinski definition) is 1. The fourth-order valence-corrected chi connectivity index (χ4v) is 2.09. The average Bonchev–Trinajstić information content (AvgIpc) is 2.75. The lowest BCUT2D eigenvalue weighted by Crippen LogP contribution is -2.27. The summed E-state index contributed by atoms with van der Waals surface area (Å²) in [7, 11) is 0. The van der Waals surface area contributed by atoms with Crippen LogP contribution in [-0.2, 0) is 13.1 Å². The Kier molecular flexibility index (Phi) is 7.06. The van der Waals surface area contributed by atoms with Crippen molar-refractivity contribution in [3.8, 4) is 0 Å². The predicted molar refractivity (Wildman–Crippen MR) is 76.5 cm³/mol. The van der Waals surface area contributed by atoms with E-state index < -0.39 is 0 Å². The van der Waals surface area contributed by atoms with Crippen LogP contribution in [0, 0.1) is 5.92 Å². The molecular weight excluding hydrogens is 224 g/mol. The van der Waals surface area contributed by atoms with Gasteiger partial charge in [-0.1, -0.05) is 27.7 Å². The Morgan fingerprint density at radius 2 is 2.11 bits per heavy atom. The van der Waals surface area contributed by atoms with Gasteiger partial charge in [0.25, 0.3) is 0 Å². The van der Waals surface area contributed by atoms with Gasteiger partial charge in [-0.2, -0.15) is 0 Å². The maximum atomic E-state index is 5.63. The molecule has 0 spiro atoms. The normalized spacial score (nSPS) is 11.7. The Bertz CT molecular complexity index is 320. The van der Waals surface area contributed by atoms with E-state index >= 15 is 0 Å². The van der Waals surface area contributed by atoms with Crippen LogP contribution in [0.25, 0.3) is 0 Å². The molecule has 0 aliphatic rings. The first kappa shape index (κ1) is 15.3. The van der Waals surface area contributed by atoms with Crippen LogP contribution in [0.1, 0.15) is 45.4 Å². The van der Waals surface area contributed by atoms with E-state index in [0.717, 1.165) is 38.5 Å². The maximum Gasteiger partial charge on any atom is 0.122 e. The first-order valence-corrected chi connectivity index (χ1v) is 7.15. The van der Waals surface area contributed by atoms with E-state index in [1.165, 1.54) is 12.0 Å². The maximum absolute atomic E-state index is 5.63. The Morgan fingerprint density at radius 1 is 1.33 bits per heavy atom. The zero-order valence-corrected chi connectivity index (χ0v) is 12.3. The zero-order chi connectivity index (χ0) is 13.4. The number of rotatable bonds is 9. The van der Waals surface area contributed by atoms with Crippen molar-refractivity contribution < 1.29 is 4.42 Å².